The topological polar surface area (TPSA) is 131 Å². The highest BCUT2D eigenvalue weighted by molar-refractivity contribution is 7.89. The van der Waals surface area contributed by atoms with E-state index < -0.39 is 27.4 Å². The number of non-ortho nitro benzene ring substituents is 1. The lowest BCUT2D eigenvalue weighted by Crippen LogP contribution is -2.36. The number of likely N-dealkylation sites (N-methyl/N-ethyl adjacent to an activating group) is 1. The minimum atomic E-state index is -3.85. The summed E-state index contributed by atoms with van der Waals surface area (Å²) in [5.41, 5.74) is 2.68. The summed E-state index contributed by atoms with van der Waals surface area (Å²) in [5, 5.41) is 14.3. The van der Waals surface area contributed by atoms with Crippen molar-refractivity contribution in [2.45, 2.75) is 4.90 Å². The summed E-state index contributed by atoms with van der Waals surface area (Å²) in [6, 6.07) is 11.3. The molecule has 1 amide bonds. The molecule has 28 heavy (non-hydrogen) atoms. The van der Waals surface area contributed by atoms with Crippen molar-refractivity contribution in [2.24, 2.45) is 5.10 Å². The summed E-state index contributed by atoms with van der Waals surface area (Å²) < 4.78 is 30.8. The Morgan fingerprint density at radius 3 is 2.36 bits per heavy atom. The third-order valence-electron chi connectivity index (χ3n) is 3.64. The first-order valence-corrected chi connectivity index (χ1v) is 9.35. The Kier molecular flexibility index (Phi) is 6.79. The van der Waals surface area contributed by atoms with Crippen LogP contribution in [-0.2, 0) is 14.8 Å². The molecule has 0 heterocycles. The first kappa shape index (κ1) is 21.0. The molecule has 0 radical (unpaired) electrons. The van der Waals surface area contributed by atoms with Gasteiger partial charge in [-0.3, -0.25) is 14.9 Å². The average molecular weight is 406 g/mol. The van der Waals surface area contributed by atoms with Crippen molar-refractivity contribution < 1.29 is 22.9 Å². The minimum Gasteiger partial charge on any atom is -0.497 e. The lowest BCUT2D eigenvalue weighted by Gasteiger charge is -2.16. The van der Waals surface area contributed by atoms with Gasteiger partial charge in [-0.05, 0) is 42.0 Å². The number of carbonyl (C=O) groups is 1. The molecule has 10 nitrogen and oxygen atoms in total. The molecular weight excluding hydrogens is 388 g/mol. The van der Waals surface area contributed by atoms with Gasteiger partial charge in [-0.2, -0.15) is 9.41 Å². The highest BCUT2D eigenvalue weighted by Gasteiger charge is 2.22. The second-order valence-corrected chi connectivity index (χ2v) is 7.62. The van der Waals surface area contributed by atoms with E-state index in [-0.39, 0.29) is 10.6 Å². The normalized spacial score (nSPS) is 11.5. The van der Waals surface area contributed by atoms with Gasteiger partial charge < -0.3 is 4.74 Å². The van der Waals surface area contributed by atoms with Crippen LogP contribution in [0.1, 0.15) is 5.56 Å². The highest BCUT2D eigenvalue weighted by Crippen LogP contribution is 2.18. The standard InChI is InChI=1S/C17H18N4O6S/c1-20(28(25,26)16-9-7-15(27-2)8-10-16)12-17(22)19-18-11-13-3-5-14(6-4-13)21(23)24/h3-11H,12H2,1-2H3,(H,19,22)/b18-11-. The van der Waals surface area contributed by atoms with Gasteiger partial charge >= 0.3 is 0 Å². The summed E-state index contributed by atoms with van der Waals surface area (Å²) in [7, 11) is -1.10. The van der Waals surface area contributed by atoms with Gasteiger partial charge in [0, 0.05) is 19.2 Å². The zero-order valence-electron chi connectivity index (χ0n) is 15.1. The van der Waals surface area contributed by atoms with Crippen molar-refractivity contribution in [1.29, 1.82) is 0 Å². The van der Waals surface area contributed by atoms with E-state index >= 15 is 0 Å². The average Bonchev–Trinajstić information content (AvgIpc) is 2.68. The summed E-state index contributed by atoms with van der Waals surface area (Å²) in [4.78, 5) is 22.0. The molecule has 0 saturated carbocycles. The Bertz CT molecular complexity index is 972. The van der Waals surface area contributed by atoms with E-state index in [9.17, 15) is 23.3 Å². The van der Waals surface area contributed by atoms with Gasteiger partial charge in [-0.15, -0.1) is 0 Å². The number of carbonyl (C=O) groups excluding carboxylic acids is 1. The molecule has 1 N–H and O–H groups in total. The van der Waals surface area contributed by atoms with Crippen molar-refractivity contribution in [1.82, 2.24) is 9.73 Å². The Hall–Kier alpha value is -3.31. The molecule has 11 heteroatoms. The van der Waals surface area contributed by atoms with Crippen LogP contribution in [0.5, 0.6) is 5.75 Å². The fourth-order valence-electron chi connectivity index (χ4n) is 2.11. The fourth-order valence-corrected chi connectivity index (χ4v) is 3.24. The highest BCUT2D eigenvalue weighted by atomic mass is 32.2. The molecule has 0 spiro atoms. The fraction of sp³-hybridized carbons (Fsp3) is 0.176. The van der Waals surface area contributed by atoms with Crippen molar-refractivity contribution in [3.05, 3.63) is 64.2 Å². The van der Waals surface area contributed by atoms with Crippen LogP contribution in [0.3, 0.4) is 0 Å². The molecule has 2 aromatic carbocycles. The van der Waals surface area contributed by atoms with Gasteiger partial charge in [0.1, 0.15) is 5.75 Å². The molecule has 2 aromatic rings. The van der Waals surface area contributed by atoms with Gasteiger partial charge in [0.05, 0.1) is 29.7 Å². The molecule has 148 valence electrons. The van der Waals surface area contributed by atoms with Crippen LogP contribution in [0, 0.1) is 10.1 Å². The number of nitrogens with one attached hydrogen (secondary N) is 1. The predicted octanol–water partition coefficient (Wildman–Crippen LogP) is 1.37. The molecule has 0 aromatic heterocycles. The molecule has 0 aliphatic carbocycles. The van der Waals surface area contributed by atoms with Crippen molar-refractivity contribution in [2.75, 3.05) is 20.7 Å². The third-order valence-corrected chi connectivity index (χ3v) is 5.46. The monoisotopic (exact) mass is 406 g/mol. The second-order valence-electron chi connectivity index (χ2n) is 5.58. The molecule has 0 fully saturated rings. The maximum absolute atomic E-state index is 12.5. The minimum absolute atomic E-state index is 0.0259. The number of sulfonamides is 1. The summed E-state index contributed by atoms with van der Waals surface area (Å²) in [6.07, 6.45) is 1.29. The number of benzene rings is 2. The van der Waals surface area contributed by atoms with E-state index in [1.54, 1.807) is 0 Å². The van der Waals surface area contributed by atoms with Crippen LogP contribution < -0.4 is 10.2 Å². The van der Waals surface area contributed by atoms with Crippen molar-refractivity contribution in [3.63, 3.8) is 0 Å². The number of nitro groups is 1. The number of hydrogen-bond acceptors (Lipinski definition) is 7. The summed E-state index contributed by atoms with van der Waals surface area (Å²) in [5.74, 6) is -0.127. The first-order chi connectivity index (χ1) is 13.2. The zero-order valence-corrected chi connectivity index (χ0v) is 15.9. The molecule has 0 saturated heterocycles. The van der Waals surface area contributed by atoms with Crippen LogP contribution in [0.15, 0.2) is 58.5 Å². The number of nitro benzene ring substituents is 1. The van der Waals surface area contributed by atoms with Crippen LogP contribution >= 0.6 is 0 Å². The van der Waals surface area contributed by atoms with Gasteiger partial charge in [0.2, 0.25) is 10.0 Å². The Morgan fingerprint density at radius 2 is 1.82 bits per heavy atom. The lowest BCUT2D eigenvalue weighted by molar-refractivity contribution is -0.384. The molecular formula is C17H18N4O6S. The van der Waals surface area contributed by atoms with Gasteiger partial charge in [-0.1, -0.05) is 0 Å². The quantitative estimate of drug-likeness (QED) is 0.400. The molecule has 0 atom stereocenters. The number of hydrogen-bond donors (Lipinski definition) is 1. The largest absolute Gasteiger partial charge is 0.497 e. The van der Waals surface area contributed by atoms with E-state index in [1.807, 2.05) is 0 Å². The first-order valence-electron chi connectivity index (χ1n) is 7.91. The summed E-state index contributed by atoms with van der Waals surface area (Å²) in [6.45, 7) is -0.439. The van der Waals surface area contributed by atoms with E-state index in [0.717, 1.165) is 4.31 Å². The number of rotatable bonds is 8. The Morgan fingerprint density at radius 1 is 1.21 bits per heavy atom. The number of ether oxygens (including phenoxy) is 1. The van der Waals surface area contributed by atoms with Gasteiger partial charge in [0.25, 0.3) is 11.6 Å². The molecule has 0 aliphatic heterocycles. The molecule has 2 rings (SSSR count). The smallest absolute Gasteiger partial charge is 0.269 e. The van der Waals surface area contributed by atoms with E-state index in [1.165, 1.54) is 68.9 Å². The molecule has 0 aliphatic rings. The second kappa shape index (κ2) is 9.06. The number of methoxy groups -OCH3 is 1. The number of amides is 1. The van der Waals surface area contributed by atoms with Crippen LogP contribution in [0.25, 0.3) is 0 Å². The van der Waals surface area contributed by atoms with Crippen LogP contribution in [0.4, 0.5) is 5.69 Å². The maximum atomic E-state index is 12.5. The SMILES string of the molecule is COc1ccc(S(=O)(=O)N(C)CC(=O)N/N=C\c2ccc([N+](=O)[O-])cc2)cc1. The Balaban J connectivity index is 1.94. The molecule has 0 unspecified atom stereocenters. The van der Waals surface area contributed by atoms with E-state index in [0.29, 0.717) is 11.3 Å². The number of hydrazone groups is 1. The zero-order chi connectivity index (χ0) is 20.7. The van der Waals surface area contributed by atoms with Crippen molar-refractivity contribution in [3.8, 4) is 5.75 Å². The van der Waals surface area contributed by atoms with Crippen LogP contribution in [0.2, 0.25) is 0 Å². The van der Waals surface area contributed by atoms with E-state index in [4.69, 9.17) is 4.74 Å². The number of nitrogens with zero attached hydrogens (tertiary/aromatic N) is 3. The van der Waals surface area contributed by atoms with Crippen molar-refractivity contribution >= 4 is 27.8 Å². The lowest BCUT2D eigenvalue weighted by atomic mass is 10.2. The third kappa shape index (κ3) is 5.34. The molecule has 0 bridgehead atoms. The van der Waals surface area contributed by atoms with E-state index in [2.05, 4.69) is 10.5 Å². The summed E-state index contributed by atoms with van der Waals surface area (Å²) >= 11 is 0. The Labute approximate surface area is 161 Å². The van der Waals surface area contributed by atoms with Crippen LogP contribution in [-0.4, -0.2) is 50.5 Å². The van der Waals surface area contributed by atoms with Gasteiger partial charge in [0.15, 0.2) is 0 Å². The maximum Gasteiger partial charge on any atom is 0.269 e. The predicted molar refractivity (Wildman–Crippen MR) is 102 cm³/mol. The van der Waals surface area contributed by atoms with Gasteiger partial charge in [-0.25, -0.2) is 13.8 Å².